The van der Waals surface area contributed by atoms with Crippen molar-refractivity contribution in [3.05, 3.63) is 12.2 Å². The van der Waals surface area contributed by atoms with E-state index in [1.807, 2.05) is 0 Å². The zero-order valence-corrected chi connectivity index (χ0v) is 27.5. The fourth-order valence-electron chi connectivity index (χ4n) is 6.35. The van der Waals surface area contributed by atoms with E-state index in [0.29, 0.717) is 32.5 Å². The van der Waals surface area contributed by atoms with Crippen LogP contribution in [-0.2, 0) is 38.0 Å². The van der Waals surface area contributed by atoms with Gasteiger partial charge in [0.2, 0.25) is 0 Å². The van der Waals surface area contributed by atoms with Crippen LogP contribution in [0.25, 0.3) is 0 Å². The van der Waals surface area contributed by atoms with Gasteiger partial charge in [-0.05, 0) is 83.5 Å². The summed E-state index contributed by atoms with van der Waals surface area (Å²) in [6.45, 7) is 7.79. The van der Waals surface area contributed by atoms with Crippen molar-refractivity contribution in [2.75, 3.05) is 13.2 Å². The minimum absolute atomic E-state index is 0.0335. The highest BCUT2D eigenvalue weighted by molar-refractivity contribution is 5.66. The summed E-state index contributed by atoms with van der Waals surface area (Å²) < 4.78 is 35.4. The predicted octanol–water partition coefficient (Wildman–Crippen LogP) is 6.70. The maximum Gasteiger partial charge on any atom is 0.334 e. The van der Waals surface area contributed by atoms with Crippen LogP contribution in [0.5, 0.6) is 0 Å². The summed E-state index contributed by atoms with van der Waals surface area (Å²) in [5.74, 6) is 3.73. The number of unbranched alkanes of at least 4 members (excludes halogenated alkanes) is 4. The lowest BCUT2D eigenvalue weighted by Crippen LogP contribution is -2.48. The van der Waals surface area contributed by atoms with Crippen molar-refractivity contribution in [2.24, 2.45) is 11.8 Å². The second kappa shape index (κ2) is 18.9. The van der Waals surface area contributed by atoms with Gasteiger partial charge in [0.25, 0.3) is 0 Å². The molecular formula is C35H56O9. The Balaban J connectivity index is 1.69. The first-order valence-corrected chi connectivity index (χ1v) is 17.0. The van der Waals surface area contributed by atoms with E-state index in [2.05, 4.69) is 30.9 Å². The van der Waals surface area contributed by atoms with Gasteiger partial charge in [-0.3, -0.25) is 19.1 Å². The minimum Gasteiger partial charge on any atom is -0.462 e. The zero-order chi connectivity index (χ0) is 31.8. The molecule has 0 spiro atoms. The molecule has 0 aromatic heterocycles. The number of rotatable bonds is 16. The molecule has 3 fully saturated rings. The molecule has 1 aliphatic carbocycles. The largest absolute Gasteiger partial charge is 0.462 e. The molecule has 0 radical (unpaired) electrons. The van der Waals surface area contributed by atoms with Gasteiger partial charge < -0.3 is 24.1 Å². The second-order valence-corrected chi connectivity index (χ2v) is 12.7. The summed E-state index contributed by atoms with van der Waals surface area (Å²) >= 11 is 0. The van der Waals surface area contributed by atoms with E-state index in [4.69, 9.17) is 28.4 Å². The molecule has 250 valence electrons. The molecular weight excluding hydrogens is 564 g/mol. The monoisotopic (exact) mass is 620 g/mol. The van der Waals surface area contributed by atoms with E-state index in [1.165, 1.54) is 39.5 Å². The van der Waals surface area contributed by atoms with Crippen molar-refractivity contribution in [1.82, 2.24) is 0 Å². The van der Waals surface area contributed by atoms with Crippen LogP contribution >= 0.6 is 0 Å². The number of esters is 2. The highest BCUT2D eigenvalue weighted by Gasteiger charge is 2.43. The van der Waals surface area contributed by atoms with Crippen molar-refractivity contribution >= 4 is 11.9 Å². The summed E-state index contributed by atoms with van der Waals surface area (Å²) in [6, 6.07) is 0. The topological polar surface area (TPSA) is 110 Å². The Morgan fingerprint density at radius 1 is 0.932 bits per heavy atom. The highest BCUT2D eigenvalue weighted by atomic mass is 16.9. The molecule has 0 bridgehead atoms. The van der Waals surface area contributed by atoms with Crippen LogP contribution in [0.4, 0.5) is 0 Å². The van der Waals surface area contributed by atoms with Crippen LogP contribution in [-0.4, -0.2) is 60.5 Å². The Hall–Kier alpha value is -1.96. The third kappa shape index (κ3) is 13.2. The summed E-state index contributed by atoms with van der Waals surface area (Å²) in [7, 11) is 0. The van der Waals surface area contributed by atoms with Gasteiger partial charge in [0.15, 0.2) is 12.6 Å². The van der Waals surface area contributed by atoms with E-state index in [-0.39, 0.29) is 36.8 Å². The zero-order valence-electron chi connectivity index (χ0n) is 27.5. The maximum absolute atomic E-state index is 12.2. The summed E-state index contributed by atoms with van der Waals surface area (Å²) in [4.78, 5) is 24.1. The molecule has 44 heavy (non-hydrogen) atoms. The minimum atomic E-state index is -1.71. The molecule has 1 N–H and O–H groups in total. The lowest BCUT2D eigenvalue weighted by Gasteiger charge is -2.39. The van der Waals surface area contributed by atoms with E-state index in [0.717, 1.165) is 44.9 Å². The van der Waals surface area contributed by atoms with Gasteiger partial charge in [0, 0.05) is 39.4 Å². The van der Waals surface area contributed by atoms with Crippen LogP contribution in [0.1, 0.15) is 130 Å². The van der Waals surface area contributed by atoms with Gasteiger partial charge in [0.1, 0.15) is 11.7 Å². The van der Waals surface area contributed by atoms with Crippen LogP contribution in [0.2, 0.25) is 0 Å². The first-order chi connectivity index (χ1) is 21.1. The summed E-state index contributed by atoms with van der Waals surface area (Å²) in [5.41, 5.74) is -1.31. The maximum atomic E-state index is 12.2. The van der Waals surface area contributed by atoms with E-state index in [1.54, 1.807) is 6.92 Å². The molecule has 9 nitrogen and oxygen atoms in total. The second-order valence-electron chi connectivity index (χ2n) is 12.7. The number of allylic oxidation sites excluding steroid dienone is 2. The van der Waals surface area contributed by atoms with Crippen molar-refractivity contribution in [2.45, 2.75) is 161 Å². The molecule has 6 atom stereocenters. The third-order valence-corrected chi connectivity index (χ3v) is 8.48. The van der Waals surface area contributed by atoms with Gasteiger partial charge >= 0.3 is 17.9 Å². The molecule has 2 saturated heterocycles. The number of carbonyl (C=O) groups is 2. The van der Waals surface area contributed by atoms with Gasteiger partial charge in [-0.15, -0.1) is 0 Å². The van der Waals surface area contributed by atoms with Crippen LogP contribution < -0.4 is 0 Å². The molecule has 2 aliphatic heterocycles. The SMILES string of the molecule is CCCCCCC=C[C@H]1CC[C@H](OC(C)=O)[C@@H]1CC(C)(O)C#CCCC(OC(C)=O)(OC1CCCCO1)OC1CCCCO1. The molecule has 3 unspecified atom stereocenters. The summed E-state index contributed by atoms with van der Waals surface area (Å²) in [6.07, 6.45) is 16.5. The molecule has 3 rings (SSSR count). The third-order valence-electron chi connectivity index (χ3n) is 8.48. The number of hydrogen-bond acceptors (Lipinski definition) is 9. The van der Waals surface area contributed by atoms with E-state index in [9.17, 15) is 14.7 Å². The van der Waals surface area contributed by atoms with Crippen molar-refractivity contribution in [3.8, 4) is 11.8 Å². The number of carbonyl (C=O) groups excluding carboxylic acids is 2. The normalized spacial score (nSPS) is 28.4. The van der Waals surface area contributed by atoms with Crippen molar-refractivity contribution < 1.29 is 43.1 Å². The molecule has 9 heteroatoms. The quantitative estimate of drug-likeness (QED) is 0.0663. The number of hydrogen-bond donors (Lipinski definition) is 1. The lowest BCUT2D eigenvalue weighted by molar-refractivity contribution is -0.440. The Kier molecular flexibility index (Phi) is 15.7. The van der Waals surface area contributed by atoms with Gasteiger partial charge in [-0.25, -0.2) is 0 Å². The van der Waals surface area contributed by atoms with Gasteiger partial charge in [-0.2, -0.15) is 0 Å². The predicted molar refractivity (Wildman–Crippen MR) is 166 cm³/mol. The number of aliphatic hydroxyl groups is 1. The van der Waals surface area contributed by atoms with Gasteiger partial charge in [0.05, 0.1) is 6.42 Å². The molecule has 0 amide bonds. The van der Waals surface area contributed by atoms with E-state index < -0.39 is 30.1 Å². The van der Waals surface area contributed by atoms with E-state index >= 15 is 0 Å². The fraction of sp³-hybridized carbons (Fsp3) is 0.829. The molecule has 2 heterocycles. The first-order valence-electron chi connectivity index (χ1n) is 17.0. The van der Waals surface area contributed by atoms with Crippen LogP contribution in [0.3, 0.4) is 0 Å². The smallest absolute Gasteiger partial charge is 0.334 e. The van der Waals surface area contributed by atoms with Crippen LogP contribution in [0, 0.1) is 23.7 Å². The Labute approximate surface area is 264 Å². The van der Waals surface area contributed by atoms with Gasteiger partial charge in [-0.1, -0.05) is 50.2 Å². The summed E-state index contributed by atoms with van der Waals surface area (Å²) in [5, 5.41) is 11.4. The van der Waals surface area contributed by atoms with Crippen molar-refractivity contribution in [3.63, 3.8) is 0 Å². The Morgan fingerprint density at radius 3 is 2.18 bits per heavy atom. The van der Waals surface area contributed by atoms with Crippen molar-refractivity contribution in [1.29, 1.82) is 0 Å². The molecule has 0 aromatic carbocycles. The molecule has 3 aliphatic rings. The first kappa shape index (κ1) is 36.5. The molecule has 0 aromatic rings. The fourth-order valence-corrected chi connectivity index (χ4v) is 6.35. The lowest BCUT2D eigenvalue weighted by atomic mass is 9.83. The average molecular weight is 621 g/mol. The number of ether oxygens (including phenoxy) is 6. The average Bonchev–Trinajstić information content (AvgIpc) is 3.33. The van der Waals surface area contributed by atoms with Crippen LogP contribution in [0.15, 0.2) is 12.2 Å². The Bertz CT molecular complexity index is 933. The highest BCUT2D eigenvalue weighted by Crippen LogP contribution is 2.40. The Morgan fingerprint density at radius 2 is 1.61 bits per heavy atom. The molecule has 1 saturated carbocycles. The standard InChI is InChI=1S/C35H56O9/c1-5-6-7-8-9-10-17-29-20-21-31(41-27(2)36)30(29)26-34(4,38)22-13-14-23-35(42-28(3)37,43-32-18-11-15-24-39-32)44-33-19-12-16-25-40-33/h10,17,29-33,38H,5-9,11-12,14-16,18-21,23-26H2,1-4H3/t29-,30+,31-,32?,33?,34?,35?/m0/s1.